The third-order valence-corrected chi connectivity index (χ3v) is 3.67. The lowest BCUT2D eigenvalue weighted by molar-refractivity contribution is 0.0519. The Hall–Kier alpha value is -3.22. The van der Waals surface area contributed by atoms with Gasteiger partial charge in [-0.1, -0.05) is 12.1 Å². The molecule has 24 heavy (non-hydrogen) atoms. The van der Waals surface area contributed by atoms with Crippen molar-refractivity contribution in [3.63, 3.8) is 0 Å². The van der Waals surface area contributed by atoms with Gasteiger partial charge >= 0.3 is 5.97 Å². The Bertz CT molecular complexity index is 1050. The standard InChI is InChI=1S/C17H14N2O5/c1-3-24-17(23)13-15(21)18-14-11(8-20)7-10-5-4-9(2)6-12(10)19(14)16(13)22/h4-8,21H,3H2,1-2H3. The highest BCUT2D eigenvalue weighted by Gasteiger charge is 2.23. The second kappa shape index (κ2) is 5.77. The van der Waals surface area contributed by atoms with Crippen LogP contribution >= 0.6 is 0 Å². The summed E-state index contributed by atoms with van der Waals surface area (Å²) in [5, 5.41) is 10.6. The van der Waals surface area contributed by atoms with Gasteiger partial charge in [0, 0.05) is 0 Å². The monoisotopic (exact) mass is 326 g/mol. The number of aromatic hydroxyl groups is 1. The third-order valence-electron chi connectivity index (χ3n) is 3.67. The molecule has 0 amide bonds. The molecule has 0 fully saturated rings. The quantitative estimate of drug-likeness (QED) is 0.448. The Labute approximate surface area is 136 Å². The summed E-state index contributed by atoms with van der Waals surface area (Å²) in [6.45, 7) is 3.49. The van der Waals surface area contributed by atoms with Crippen LogP contribution in [0.4, 0.5) is 0 Å². The molecule has 0 bridgehead atoms. The minimum absolute atomic E-state index is 0.0151. The summed E-state index contributed by atoms with van der Waals surface area (Å²) in [4.78, 5) is 40.0. The molecule has 7 heteroatoms. The minimum Gasteiger partial charge on any atom is -0.492 e. The van der Waals surface area contributed by atoms with Crippen LogP contribution in [0.25, 0.3) is 16.6 Å². The zero-order valence-corrected chi connectivity index (χ0v) is 13.1. The highest BCUT2D eigenvalue weighted by molar-refractivity contribution is 5.96. The molecule has 3 rings (SSSR count). The predicted octanol–water partition coefficient (Wildman–Crippen LogP) is 1.85. The third kappa shape index (κ3) is 2.30. The van der Waals surface area contributed by atoms with E-state index in [-0.39, 0.29) is 17.8 Å². The molecule has 1 N–H and O–H groups in total. The van der Waals surface area contributed by atoms with Gasteiger partial charge in [-0.3, -0.25) is 14.0 Å². The first-order valence-electron chi connectivity index (χ1n) is 7.29. The Morgan fingerprint density at radius 1 is 1.38 bits per heavy atom. The Balaban J connectivity index is 2.55. The number of fused-ring (bicyclic) bond motifs is 3. The van der Waals surface area contributed by atoms with Gasteiger partial charge in [0.2, 0.25) is 5.88 Å². The highest BCUT2D eigenvalue weighted by atomic mass is 16.5. The van der Waals surface area contributed by atoms with Crippen LogP contribution in [0.5, 0.6) is 5.88 Å². The van der Waals surface area contributed by atoms with E-state index in [1.165, 1.54) is 0 Å². The van der Waals surface area contributed by atoms with E-state index in [0.29, 0.717) is 17.2 Å². The molecule has 0 aliphatic heterocycles. The van der Waals surface area contributed by atoms with E-state index in [1.807, 2.05) is 13.0 Å². The molecule has 0 radical (unpaired) electrons. The average molecular weight is 326 g/mol. The highest BCUT2D eigenvalue weighted by Crippen LogP contribution is 2.22. The molecular formula is C17H14N2O5. The first-order valence-corrected chi connectivity index (χ1v) is 7.29. The van der Waals surface area contributed by atoms with Crippen LogP contribution in [0.15, 0.2) is 29.1 Å². The van der Waals surface area contributed by atoms with Gasteiger partial charge in [0.1, 0.15) is 0 Å². The Morgan fingerprint density at radius 2 is 2.12 bits per heavy atom. The number of pyridine rings is 1. The molecule has 0 aliphatic rings. The smallest absolute Gasteiger partial charge is 0.349 e. The fourth-order valence-corrected chi connectivity index (χ4v) is 2.60. The molecule has 1 aromatic carbocycles. The second-order valence-electron chi connectivity index (χ2n) is 5.27. The number of carbonyl (C=O) groups excluding carboxylic acids is 2. The van der Waals surface area contributed by atoms with Crippen LogP contribution in [-0.2, 0) is 4.74 Å². The van der Waals surface area contributed by atoms with Crippen molar-refractivity contribution >= 4 is 28.8 Å². The summed E-state index contributed by atoms with van der Waals surface area (Å²) in [5.74, 6) is -1.72. The molecule has 0 spiro atoms. The summed E-state index contributed by atoms with van der Waals surface area (Å²) in [6.07, 6.45) is 0.546. The molecule has 122 valence electrons. The van der Waals surface area contributed by atoms with Crippen LogP contribution in [0.1, 0.15) is 33.2 Å². The number of ether oxygens (including phenoxy) is 1. The van der Waals surface area contributed by atoms with Gasteiger partial charge < -0.3 is 9.84 Å². The molecule has 3 aromatic rings. The largest absolute Gasteiger partial charge is 0.492 e. The van der Waals surface area contributed by atoms with Crippen molar-refractivity contribution in [2.45, 2.75) is 13.8 Å². The summed E-state index contributed by atoms with van der Waals surface area (Å²) >= 11 is 0. The van der Waals surface area contributed by atoms with Crippen LogP contribution < -0.4 is 5.56 Å². The fraction of sp³-hybridized carbons (Fsp3) is 0.176. The number of carbonyl (C=O) groups is 2. The topological polar surface area (TPSA) is 98.0 Å². The molecule has 0 atom stereocenters. The van der Waals surface area contributed by atoms with Gasteiger partial charge in [0.25, 0.3) is 5.56 Å². The number of rotatable bonds is 3. The number of aromatic nitrogens is 2. The van der Waals surface area contributed by atoms with E-state index in [9.17, 15) is 19.5 Å². The summed E-state index contributed by atoms with van der Waals surface area (Å²) < 4.78 is 5.96. The predicted molar refractivity (Wildman–Crippen MR) is 86.7 cm³/mol. The van der Waals surface area contributed by atoms with Crippen molar-refractivity contribution in [2.75, 3.05) is 6.61 Å². The van der Waals surface area contributed by atoms with Crippen molar-refractivity contribution in [1.29, 1.82) is 0 Å². The Kier molecular flexibility index (Phi) is 3.76. The van der Waals surface area contributed by atoms with Crippen LogP contribution in [0, 0.1) is 6.92 Å². The molecule has 0 saturated carbocycles. The Morgan fingerprint density at radius 3 is 2.79 bits per heavy atom. The zero-order chi connectivity index (χ0) is 17.4. The summed E-state index contributed by atoms with van der Waals surface area (Å²) in [6, 6.07) is 6.92. The number of aryl methyl sites for hydroxylation is 1. The van der Waals surface area contributed by atoms with Gasteiger partial charge in [0.05, 0.1) is 17.7 Å². The second-order valence-corrected chi connectivity index (χ2v) is 5.27. The molecule has 7 nitrogen and oxygen atoms in total. The van der Waals surface area contributed by atoms with Gasteiger partial charge in [0.15, 0.2) is 17.5 Å². The van der Waals surface area contributed by atoms with Crippen molar-refractivity contribution in [1.82, 2.24) is 9.38 Å². The molecule has 2 heterocycles. The van der Waals surface area contributed by atoms with E-state index in [2.05, 4.69) is 4.98 Å². The number of hydrogen-bond donors (Lipinski definition) is 1. The van der Waals surface area contributed by atoms with E-state index < -0.39 is 23.0 Å². The number of esters is 1. The normalized spacial score (nSPS) is 10.9. The van der Waals surface area contributed by atoms with Crippen molar-refractivity contribution in [2.24, 2.45) is 0 Å². The van der Waals surface area contributed by atoms with Crippen LogP contribution in [0.2, 0.25) is 0 Å². The van der Waals surface area contributed by atoms with Gasteiger partial charge in [-0.2, -0.15) is 4.98 Å². The lowest BCUT2D eigenvalue weighted by atomic mass is 10.1. The molecule has 0 aliphatic carbocycles. The van der Waals surface area contributed by atoms with Crippen molar-refractivity contribution < 1.29 is 19.4 Å². The first kappa shape index (κ1) is 15.7. The SMILES string of the molecule is CCOC(=O)c1c(O)nc2c(C=O)cc3ccc(C)cc3n2c1=O. The summed E-state index contributed by atoms with van der Waals surface area (Å²) in [7, 11) is 0. The zero-order valence-electron chi connectivity index (χ0n) is 13.1. The molecule has 0 unspecified atom stereocenters. The fourth-order valence-electron chi connectivity index (χ4n) is 2.60. The van der Waals surface area contributed by atoms with E-state index in [0.717, 1.165) is 9.96 Å². The minimum atomic E-state index is -0.959. The van der Waals surface area contributed by atoms with Crippen molar-refractivity contribution in [3.8, 4) is 5.88 Å². The maximum atomic E-state index is 12.8. The number of nitrogens with zero attached hydrogens (tertiary/aromatic N) is 2. The average Bonchev–Trinajstić information content (AvgIpc) is 2.54. The van der Waals surface area contributed by atoms with Gasteiger partial charge in [-0.05, 0) is 36.9 Å². The lowest BCUT2D eigenvalue weighted by Gasteiger charge is -2.11. The number of benzene rings is 1. The van der Waals surface area contributed by atoms with Crippen molar-refractivity contribution in [3.05, 3.63) is 51.3 Å². The first-order chi connectivity index (χ1) is 11.5. The molecule has 2 aromatic heterocycles. The number of aldehydes is 1. The molecular weight excluding hydrogens is 312 g/mol. The van der Waals surface area contributed by atoms with E-state index >= 15 is 0 Å². The molecule has 0 saturated heterocycles. The number of hydrogen-bond acceptors (Lipinski definition) is 6. The van der Waals surface area contributed by atoms with E-state index in [1.54, 1.807) is 25.1 Å². The van der Waals surface area contributed by atoms with Gasteiger partial charge in [-0.25, -0.2) is 4.79 Å². The van der Waals surface area contributed by atoms with Crippen LogP contribution in [-0.4, -0.2) is 33.4 Å². The van der Waals surface area contributed by atoms with Gasteiger partial charge in [-0.15, -0.1) is 0 Å². The maximum Gasteiger partial charge on any atom is 0.349 e. The lowest BCUT2D eigenvalue weighted by Crippen LogP contribution is -2.25. The van der Waals surface area contributed by atoms with Crippen LogP contribution in [0.3, 0.4) is 0 Å². The van der Waals surface area contributed by atoms with E-state index in [4.69, 9.17) is 4.74 Å². The maximum absolute atomic E-state index is 12.8. The summed E-state index contributed by atoms with van der Waals surface area (Å²) in [5.41, 5.74) is 0.155.